The molecule has 6 amide bonds. The second kappa shape index (κ2) is 25.7. The Morgan fingerprint density at radius 1 is 0.821 bits per heavy atom. The highest BCUT2D eigenvalue weighted by atomic mass is 19.4. The zero-order valence-corrected chi connectivity index (χ0v) is 47.1. The first kappa shape index (κ1) is 60.4. The molecule has 0 radical (unpaired) electrons. The maximum Gasteiger partial charge on any atom is 0.437 e. The number of ether oxygens (including phenoxy) is 6. The third kappa shape index (κ3) is 14.2. The molecule has 0 spiro atoms. The van der Waals surface area contributed by atoms with Crippen molar-refractivity contribution in [2.45, 2.75) is 96.7 Å². The number of benzene rings is 3. The van der Waals surface area contributed by atoms with E-state index in [0.29, 0.717) is 37.1 Å². The van der Waals surface area contributed by atoms with Gasteiger partial charge in [0, 0.05) is 74.5 Å². The molecule has 3 aromatic carbocycles. The van der Waals surface area contributed by atoms with Crippen LogP contribution in [0.4, 0.5) is 28.0 Å². The van der Waals surface area contributed by atoms with Crippen molar-refractivity contribution in [3.05, 3.63) is 112 Å². The van der Waals surface area contributed by atoms with Gasteiger partial charge < -0.3 is 47.8 Å². The van der Waals surface area contributed by atoms with E-state index in [2.05, 4.69) is 25.6 Å². The van der Waals surface area contributed by atoms with E-state index in [9.17, 15) is 46.7 Å². The van der Waals surface area contributed by atoms with Crippen LogP contribution in [0.3, 0.4) is 0 Å². The average Bonchev–Trinajstić information content (AvgIpc) is 3.12. The van der Waals surface area contributed by atoms with Crippen LogP contribution in [-0.4, -0.2) is 149 Å². The van der Waals surface area contributed by atoms with Gasteiger partial charge in [0.2, 0.25) is 23.3 Å². The van der Waals surface area contributed by atoms with Gasteiger partial charge in [0.25, 0.3) is 11.8 Å². The molecule has 2 aromatic heterocycles. The highest BCUT2D eigenvalue weighted by Crippen LogP contribution is 2.44. The lowest BCUT2D eigenvalue weighted by Crippen LogP contribution is -2.54. The van der Waals surface area contributed by atoms with E-state index in [4.69, 9.17) is 28.4 Å². The molecule has 9 rings (SSSR count). The molecule has 22 nitrogen and oxygen atoms in total. The minimum absolute atomic E-state index is 0.00998. The number of hydrogen-bond acceptors (Lipinski definition) is 15. The zero-order valence-electron chi connectivity index (χ0n) is 47.1. The first-order valence-electron chi connectivity index (χ1n) is 27.6. The van der Waals surface area contributed by atoms with Gasteiger partial charge in [-0.05, 0) is 107 Å². The Morgan fingerprint density at radius 3 is 2.23 bits per heavy atom. The van der Waals surface area contributed by atoms with Gasteiger partial charge in [0.1, 0.15) is 30.6 Å². The normalized spacial score (nSPS) is 17.8. The maximum atomic E-state index is 15.0. The number of nitrogens with one attached hydrogen (secondary N) is 2. The number of aromatic nitrogens is 4. The Labute approximate surface area is 479 Å². The van der Waals surface area contributed by atoms with Crippen LogP contribution in [0.15, 0.2) is 72.1 Å². The molecule has 0 saturated carbocycles. The number of fused-ring (bicyclic) bond motifs is 2. The fourth-order valence-corrected chi connectivity index (χ4v) is 10.4. The summed E-state index contributed by atoms with van der Waals surface area (Å²) in [5, 5.41) is 8.98. The monoisotopic (exact) mass is 1170 g/mol. The van der Waals surface area contributed by atoms with E-state index >= 15 is 4.39 Å². The summed E-state index contributed by atoms with van der Waals surface area (Å²) < 4.78 is 96.9. The molecular weight excluding hydrogens is 1110 g/mol. The Balaban J connectivity index is 0.703. The van der Waals surface area contributed by atoms with Crippen LogP contribution in [0, 0.1) is 11.7 Å². The van der Waals surface area contributed by atoms with Crippen molar-refractivity contribution in [1.29, 1.82) is 0 Å². The van der Waals surface area contributed by atoms with Crippen LogP contribution < -0.4 is 30.6 Å². The van der Waals surface area contributed by atoms with Gasteiger partial charge in [-0.3, -0.25) is 43.7 Å². The van der Waals surface area contributed by atoms with E-state index in [-0.39, 0.29) is 142 Å². The smallest absolute Gasteiger partial charge is 0.437 e. The Kier molecular flexibility index (Phi) is 18.5. The van der Waals surface area contributed by atoms with Crippen molar-refractivity contribution in [3.8, 4) is 22.6 Å². The highest BCUT2D eigenvalue weighted by molar-refractivity contribution is 6.23. The topological polar surface area (TPSA) is 245 Å². The molecule has 6 heterocycles. The van der Waals surface area contributed by atoms with Crippen LogP contribution in [-0.2, 0) is 66.1 Å². The fraction of sp³-hybridized carbons (Fsp3) is 0.466. The molecule has 2 saturated heterocycles. The summed E-state index contributed by atoms with van der Waals surface area (Å²) in [7, 11) is 1.66. The average molecular weight is 1170 g/mol. The minimum Gasteiger partial charge on any atom is -0.491 e. The molecule has 2 unspecified atom stereocenters. The SMILES string of the molecule is CCn1cc(-c2cc(Cn3ccn(C)c3=NC(=O)OC(C)(C)C)cc3c2OCC(Cc2ccc(F)c(OCCOCCOCCOCC(=O)NC4CCN(c5ccc6c(c5)C(=O)N(C5CCC(=O)NC5=O)C6=O)CC4)c2)C3=O)c(C(F)(F)F)n1. The second-order valence-corrected chi connectivity index (χ2v) is 21.7. The van der Waals surface area contributed by atoms with Crippen LogP contribution >= 0.6 is 0 Å². The maximum absolute atomic E-state index is 15.0. The molecule has 4 aliphatic rings. The number of amides is 6. The summed E-state index contributed by atoms with van der Waals surface area (Å²) in [4.78, 5) is 97.4. The number of aryl methyl sites for hydroxylation is 2. The minimum atomic E-state index is -4.84. The van der Waals surface area contributed by atoms with Crippen molar-refractivity contribution in [2.75, 3.05) is 70.8 Å². The predicted molar refractivity (Wildman–Crippen MR) is 291 cm³/mol. The van der Waals surface area contributed by atoms with E-state index in [1.807, 2.05) is 0 Å². The second-order valence-electron chi connectivity index (χ2n) is 21.7. The predicted octanol–water partition coefficient (Wildman–Crippen LogP) is 5.80. The van der Waals surface area contributed by atoms with E-state index in [1.165, 1.54) is 30.5 Å². The molecular formula is C58H65F4N9O13. The van der Waals surface area contributed by atoms with Gasteiger partial charge in [-0.25, -0.2) is 9.18 Å². The quantitative estimate of drug-likeness (QED) is 0.0501. The number of Topliss-reactive ketones (excluding diaryl/α,β-unsaturated/α-hetero) is 1. The van der Waals surface area contributed by atoms with Gasteiger partial charge in [-0.1, -0.05) is 6.07 Å². The largest absolute Gasteiger partial charge is 0.491 e. The summed E-state index contributed by atoms with van der Waals surface area (Å²) in [5.41, 5.74) is 0.0736. The molecule has 2 fully saturated rings. The molecule has 448 valence electrons. The number of carbonyl (C=O) groups is 7. The van der Waals surface area contributed by atoms with E-state index in [1.54, 1.807) is 80.5 Å². The van der Waals surface area contributed by atoms with Crippen molar-refractivity contribution < 1.29 is 79.5 Å². The van der Waals surface area contributed by atoms with E-state index in [0.717, 1.165) is 15.3 Å². The number of rotatable bonds is 21. The van der Waals surface area contributed by atoms with Gasteiger partial charge in [0.05, 0.1) is 68.8 Å². The van der Waals surface area contributed by atoms with Gasteiger partial charge in [-0.2, -0.15) is 18.3 Å². The number of alkyl halides is 3. The number of imidazole rings is 1. The van der Waals surface area contributed by atoms with Crippen LogP contribution in [0.2, 0.25) is 0 Å². The van der Waals surface area contributed by atoms with Crippen molar-refractivity contribution in [2.24, 2.45) is 18.0 Å². The number of piperidine rings is 2. The van der Waals surface area contributed by atoms with Gasteiger partial charge in [-0.15, -0.1) is 4.99 Å². The first-order chi connectivity index (χ1) is 40.0. The molecule has 2 atom stereocenters. The van der Waals surface area contributed by atoms with Gasteiger partial charge in [0.15, 0.2) is 23.0 Å². The highest BCUT2D eigenvalue weighted by Gasteiger charge is 2.45. The third-order valence-electron chi connectivity index (χ3n) is 14.4. The molecule has 5 aromatic rings. The zero-order chi connectivity index (χ0) is 60.0. The summed E-state index contributed by atoms with van der Waals surface area (Å²) in [6, 6.07) is 11.1. The Bertz CT molecular complexity index is 3410. The summed E-state index contributed by atoms with van der Waals surface area (Å²) in [5.74, 6) is -4.52. The summed E-state index contributed by atoms with van der Waals surface area (Å²) in [6.45, 7) is 8.46. The first-order valence-corrected chi connectivity index (χ1v) is 27.6. The van der Waals surface area contributed by atoms with Crippen LogP contribution in [0.1, 0.15) is 101 Å². The van der Waals surface area contributed by atoms with Crippen molar-refractivity contribution in [3.63, 3.8) is 0 Å². The lowest BCUT2D eigenvalue weighted by atomic mass is 9.86. The van der Waals surface area contributed by atoms with Crippen LogP contribution in [0.5, 0.6) is 11.5 Å². The van der Waals surface area contributed by atoms with Crippen LogP contribution in [0.25, 0.3) is 11.1 Å². The Morgan fingerprint density at radius 2 is 1.52 bits per heavy atom. The standard InChI is InChI=1S/C58H65F4N9O13/c1-6-70-31-43(51(66-70)58(60,61)62)40-26-35(30-69-18-17-67(5)55(69)65-56(78)84-57(2,3)4)27-42-49(74)36(32-83-50(40)42)25-34-7-10-44(59)46(28-34)82-24-23-80-20-19-79-21-22-81-33-48(73)63-37-13-15-68(16-14-37)38-8-9-39-41(29-38)54(77)71(53(39)76)45-11-12-47(72)64-52(45)75/h7-10,17-18,26-29,31,36-37,45H,6,11-16,19-25,30,32-33H2,1-5H3,(H,63,73)(H,64,72,75). The third-order valence-corrected chi connectivity index (χ3v) is 14.4. The fourth-order valence-electron chi connectivity index (χ4n) is 10.4. The number of ketones is 1. The molecule has 2 N–H and O–H groups in total. The van der Waals surface area contributed by atoms with Gasteiger partial charge >= 0.3 is 12.3 Å². The van der Waals surface area contributed by atoms with Crippen molar-refractivity contribution >= 4 is 47.1 Å². The lowest BCUT2D eigenvalue weighted by molar-refractivity contribution is -0.141. The molecule has 0 aliphatic carbocycles. The number of hydrogen-bond donors (Lipinski definition) is 2. The molecule has 4 aliphatic heterocycles. The summed E-state index contributed by atoms with van der Waals surface area (Å²) in [6.07, 6.45) is 0.291. The van der Waals surface area contributed by atoms with Crippen molar-refractivity contribution in [1.82, 2.24) is 34.4 Å². The number of carbonyl (C=O) groups excluding carboxylic acids is 7. The summed E-state index contributed by atoms with van der Waals surface area (Å²) >= 11 is 0. The van der Waals surface area contributed by atoms with E-state index < -0.39 is 70.8 Å². The number of nitrogens with zero attached hydrogens (tertiary/aromatic N) is 7. The number of halogens is 4. The number of imide groups is 2. The number of anilines is 1. The Hall–Kier alpha value is -8.23. The molecule has 0 bridgehead atoms. The lowest BCUT2D eigenvalue weighted by Gasteiger charge is -2.34. The molecule has 26 heteroatoms. The molecule has 84 heavy (non-hydrogen) atoms.